The molecule has 0 bridgehead atoms. The summed E-state index contributed by atoms with van der Waals surface area (Å²) in [7, 11) is 1.65. The van der Waals surface area contributed by atoms with Crippen molar-refractivity contribution in [2.45, 2.75) is 19.4 Å². The summed E-state index contributed by atoms with van der Waals surface area (Å²) in [6, 6.07) is 2.02. The van der Waals surface area contributed by atoms with E-state index in [2.05, 4.69) is 10.3 Å². The van der Waals surface area contributed by atoms with Gasteiger partial charge >= 0.3 is 0 Å². The van der Waals surface area contributed by atoms with Gasteiger partial charge in [0, 0.05) is 18.8 Å². The molecule has 0 atom stereocenters. The van der Waals surface area contributed by atoms with Crippen LogP contribution in [0.3, 0.4) is 0 Å². The lowest BCUT2D eigenvalue weighted by molar-refractivity contribution is 0.397. The van der Waals surface area contributed by atoms with Crippen molar-refractivity contribution < 1.29 is 4.74 Å². The Morgan fingerprint density at radius 3 is 3.23 bits per heavy atom. The Balaban J connectivity index is 2.32. The van der Waals surface area contributed by atoms with E-state index in [1.54, 1.807) is 7.11 Å². The van der Waals surface area contributed by atoms with Gasteiger partial charge in [0.1, 0.15) is 0 Å². The highest BCUT2D eigenvalue weighted by molar-refractivity contribution is 5.30. The average Bonchev–Trinajstić information content (AvgIpc) is 2.41. The van der Waals surface area contributed by atoms with Crippen LogP contribution in [0.25, 0.3) is 0 Å². The summed E-state index contributed by atoms with van der Waals surface area (Å²) in [5.41, 5.74) is 2.68. The zero-order chi connectivity index (χ0) is 9.10. The number of fused-ring (bicyclic) bond motifs is 1. The summed E-state index contributed by atoms with van der Waals surface area (Å²) in [4.78, 5) is 4.20. The van der Waals surface area contributed by atoms with Crippen molar-refractivity contribution in [2.75, 3.05) is 13.7 Å². The third-order valence-electron chi connectivity index (χ3n) is 2.38. The van der Waals surface area contributed by atoms with Crippen LogP contribution in [0.4, 0.5) is 0 Å². The minimum Gasteiger partial charge on any atom is -0.481 e. The Morgan fingerprint density at radius 2 is 2.38 bits per heavy atom. The molecule has 2 rings (SSSR count). The predicted octanol–water partition coefficient (Wildman–Crippen LogP) is 1.13. The topological polar surface area (TPSA) is 34.1 Å². The maximum atomic E-state index is 5.08. The number of aromatic nitrogens is 1. The molecule has 0 saturated carbocycles. The largest absolute Gasteiger partial charge is 0.481 e. The molecule has 1 aromatic heterocycles. The summed E-state index contributed by atoms with van der Waals surface area (Å²) < 4.78 is 5.08. The molecule has 0 amide bonds. The lowest BCUT2D eigenvalue weighted by atomic mass is 10.1. The molecule has 3 heteroatoms. The molecule has 0 radical (unpaired) electrons. The number of hydrogen-bond donors (Lipinski definition) is 1. The SMILES string of the molecule is COc1cc2c(cn1)CCCNC2. The van der Waals surface area contributed by atoms with Crippen LogP contribution in [0.5, 0.6) is 5.88 Å². The Labute approximate surface area is 78.1 Å². The maximum Gasteiger partial charge on any atom is 0.213 e. The van der Waals surface area contributed by atoms with E-state index in [4.69, 9.17) is 4.74 Å². The third-order valence-corrected chi connectivity index (χ3v) is 2.38. The highest BCUT2D eigenvalue weighted by atomic mass is 16.5. The summed E-state index contributed by atoms with van der Waals surface area (Å²) in [6.45, 7) is 2.03. The van der Waals surface area contributed by atoms with Crippen LogP contribution < -0.4 is 10.1 Å². The minimum atomic E-state index is 0.711. The van der Waals surface area contributed by atoms with Crippen molar-refractivity contribution in [1.29, 1.82) is 0 Å². The van der Waals surface area contributed by atoms with Crippen LogP contribution >= 0.6 is 0 Å². The van der Waals surface area contributed by atoms with E-state index >= 15 is 0 Å². The molecule has 3 nitrogen and oxygen atoms in total. The van der Waals surface area contributed by atoms with E-state index in [0.29, 0.717) is 5.88 Å². The monoisotopic (exact) mass is 178 g/mol. The molecule has 0 aromatic carbocycles. The second-order valence-electron chi connectivity index (χ2n) is 3.28. The van der Waals surface area contributed by atoms with Crippen molar-refractivity contribution in [3.05, 3.63) is 23.4 Å². The average molecular weight is 178 g/mol. The Bertz CT molecular complexity index is 299. The van der Waals surface area contributed by atoms with E-state index in [0.717, 1.165) is 19.5 Å². The van der Waals surface area contributed by atoms with Crippen molar-refractivity contribution in [2.24, 2.45) is 0 Å². The quantitative estimate of drug-likeness (QED) is 0.700. The molecule has 0 saturated heterocycles. The van der Waals surface area contributed by atoms with Crippen LogP contribution in [-0.4, -0.2) is 18.6 Å². The van der Waals surface area contributed by atoms with E-state index in [1.807, 2.05) is 12.3 Å². The van der Waals surface area contributed by atoms with E-state index in [-0.39, 0.29) is 0 Å². The zero-order valence-electron chi connectivity index (χ0n) is 7.84. The van der Waals surface area contributed by atoms with Gasteiger partial charge < -0.3 is 10.1 Å². The number of rotatable bonds is 1. The predicted molar refractivity (Wildman–Crippen MR) is 50.8 cm³/mol. The van der Waals surface area contributed by atoms with Crippen LogP contribution in [0.15, 0.2) is 12.3 Å². The number of hydrogen-bond acceptors (Lipinski definition) is 3. The van der Waals surface area contributed by atoms with Gasteiger partial charge in [-0.15, -0.1) is 0 Å². The molecule has 1 aliphatic heterocycles. The molecule has 1 aromatic rings. The summed E-state index contributed by atoms with van der Waals surface area (Å²) in [5, 5.41) is 3.37. The molecule has 70 valence electrons. The molecule has 0 spiro atoms. The lowest BCUT2D eigenvalue weighted by Crippen LogP contribution is -2.12. The molecule has 0 unspecified atom stereocenters. The van der Waals surface area contributed by atoms with Gasteiger partial charge in [0.05, 0.1) is 7.11 Å². The van der Waals surface area contributed by atoms with Gasteiger partial charge in [-0.2, -0.15) is 0 Å². The smallest absolute Gasteiger partial charge is 0.213 e. The fourth-order valence-corrected chi connectivity index (χ4v) is 1.63. The van der Waals surface area contributed by atoms with Crippen LogP contribution in [-0.2, 0) is 13.0 Å². The first kappa shape index (κ1) is 8.51. The number of methoxy groups -OCH3 is 1. The second-order valence-corrected chi connectivity index (χ2v) is 3.28. The van der Waals surface area contributed by atoms with Crippen molar-refractivity contribution >= 4 is 0 Å². The Kier molecular flexibility index (Phi) is 2.45. The molecule has 1 aliphatic rings. The van der Waals surface area contributed by atoms with Gasteiger partial charge in [0.2, 0.25) is 5.88 Å². The lowest BCUT2D eigenvalue weighted by Gasteiger charge is -2.06. The van der Waals surface area contributed by atoms with E-state index in [9.17, 15) is 0 Å². The van der Waals surface area contributed by atoms with Crippen molar-refractivity contribution in [3.8, 4) is 5.88 Å². The van der Waals surface area contributed by atoms with Gasteiger partial charge in [-0.1, -0.05) is 0 Å². The molecular formula is C10H14N2O. The number of nitrogens with one attached hydrogen (secondary N) is 1. The minimum absolute atomic E-state index is 0.711. The Hall–Kier alpha value is -1.09. The van der Waals surface area contributed by atoms with Crippen LogP contribution in [0.1, 0.15) is 17.5 Å². The van der Waals surface area contributed by atoms with Gasteiger partial charge in [0.25, 0.3) is 0 Å². The fraction of sp³-hybridized carbons (Fsp3) is 0.500. The molecule has 1 N–H and O–H groups in total. The maximum absolute atomic E-state index is 5.08. The highest BCUT2D eigenvalue weighted by Crippen LogP contribution is 2.17. The van der Waals surface area contributed by atoms with Gasteiger partial charge in [-0.25, -0.2) is 4.98 Å². The summed E-state index contributed by atoms with van der Waals surface area (Å²) >= 11 is 0. The van der Waals surface area contributed by atoms with Gasteiger partial charge in [-0.3, -0.25) is 0 Å². The third kappa shape index (κ3) is 1.80. The molecule has 13 heavy (non-hydrogen) atoms. The first-order chi connectivity index (χ1) is 6.40. The molecule has 0 fully saturated rings. The van der Waals surface area contributed by atoms with E-state index < -0.39 is 0 Å². The van der Waals surface area contributed by atoms with Crippen LogP contribution in [0.2, 0.25) is 0 Å². The molecule has 2 heterocycles. The first-order valence-corrected chi connectivity index (χ1v) is 4.62. The number of pyridine rings is 1. The van der Waals surface area contributed by atoms with Crippen molar-refractivity contribution in [3.63, 3.8) is 0 Å². The molecular weight excluding hydrogens is 164 g/mol. The summed E-state index contributed by atoms with van der Waals surface area (Å²) in [5.74, 6) is 0.711. The number of ether oxygens (including phenoxy) is 1. The first-order valence-electron chi connectivity index (χ1n) is 4.62. The molecule has 0 aliphatic carbocycles. The number of nitrogens with zero attached hydrogens (tertiary/aromatic N) is 1. The van der Waals surface area contributed by atoms with Gasteiger partial charge in [-0.05, 0) is 30.5 Å². The van der Waals surface area contributed by atoms with Gasteiger partial charge in [0.15, 0.2) is 0 Å². The van der Waals surface area contributed by atoms with Crippen molar-refractivity contribution in [1.82, 2.24) is 10.3 Å². The normalized spacial score (nSPS) is 16.1. The fourth-order valence-electron chi connectivity index (χ4n) is 1.63. The Morgan fingerprint density at radius 1 is 1.46 bits per heavy atom. The standard InChI is InChI=1S/C10H14N2O/c1-13-10-5-9-6-11-4-2-3-8(9)7-12-10/h5,7,11H,2-4,6H2,1H3. The van der Waals surface area contributed by atoms with E-state index in [1.165, 1.54) is 17.5 Å². The number of aryl methyl sites for hydroxylation is 1. The van der Waals surface area contributed by atoms with Crippen LogP contribution in [0, 0.1) is 0 Å². The zero-order valence-corrected chi connectivity index (χ0v) is 7.84. The second kappa shape index (κ2) is 3.75. The highest BCUT2D eigenvalue weighted by Gasteiger charge is 2.08. The summed E-state index contributed by atoms with van der Waals surface area (Å²) in [6.07, 6.45) is 4.25.